The Kier molecular flexibility index (Phi) is 9.42. The molecule has 1 aliphatic heterocycles. The molecule has 0 bridgehead atoms. The van der Waals surface area contributed by atoms with Gasteiger partial charge in [0.2, 0.25) is 0 Å². The largest absolute Gasteiger partial charge is 0.408 e. The van der Waals surface area contributed by atoms with Crippen LogP contribution < -0.4 is 15.5 Å². The van der Waals surface area contributed by atoms with Crippen LogP contribution in [0.2, 0.25) is 0 Å². The lowest BCUT2D eigenvalue weighted by Crippen LogP contribution is -2.48. The summed E-state index contributed by atoms with van der Waals surface area (Å²) in [4.78, 5) is 20.6. The Morgan fingerprint density at radius 2 is 1.33 bits per heavy atom. The summed E-state index contributed by atoms with van der Waals surface area (Å²) in [6.45, 7) is 0.208. The zero-order chi connectivity index (χ0) is 38.3. The molecule has 0 saturated carbocycles. The Morgan fingerprint density at radius 3 is 1.89 bits per heavy atom. The molecule has 1 aliphatic rings. The second-order valence-electron chi connectivity index (χ2n) is 12.6. The number of anilines is 2. The molecule has 280 valence electrons. The number of aromatic nitrogens is 8. The molecule has 3 aromatic heterocycles. The van der Waals surface area contributed by atoms with E-state index in [1.807, 2.05) is 24.3 Å². The monoisotopic (exact) mass is 754 g/mol. The van der Waals surface area contributed by atoms with Crippen LogP contribution in [0.4, 0.5) is 42.1 Å². The molecule has 3 aromatic carbocycles. The number of piperazine rings is 1. The van der Waals surface area contributed by atoms with Gasteiger partial charge in [-0.3, -0.25) is 4.98 Å². The van der Waals surface area contributed by atoms with Gasteiger partial charge in [0.15, 0.2) is 5.60 Å². The molecule has 1 unspecified atom stereocenters. The van der Waals surface area contributed by atoms with Gasteiger partial charge in [-0.2, -0.15) is 27.1 Å². The Labute approximate surface area is 301 Å². The summed E-state index contributed by atoms with van der Waals surface area (Å²) in [5.74, 6) is -6.58. The van der Waals surface area contributed by atoms with Crippen molar-refractivity contribution in [1.82, 2.24) is 39.5 Å². The molecular formula is C35H29F7N10O2. The third kappa shape index (κ3) is 7.13. The maximum absolute atomic E-state index is 16.1. The van der Waals surface area contributed by atoms with Gasteiger partial charge in [-0.25, -0.2) is 27.5 Å². The van der Waals surface area contributed by atoms with Gasteiger partial charge in [0, 0.05) is 60.9 Å². The first-order valence-corrected chi connectivity index (χ1v) is 16.4. The molecule has 1 atom stereocenters. The number of halogens is 7. The highest BCUT2D eigenvalue weighted by Gasteiger charge is 2.58. The molecule has 6 aromatic rings. The molecule has 4 heterocycles. The summed E-state index contributed by atoms with van der Waals surface area (Å²) >= 11 is 0. The average Bonchev–Trinajstić information content (AvgIpc) is 3.80. The Bertz CT molecular complexity index is 2270. The quantitative estimate of drug-likeness (QED) is 0.194. The SMILES string of the molecule is O=c1n(-c2ccc(N3CCN(c4ccc(-c5ccc(C(F)(F)C(O)(Cn6cnnn6)c6ccc(F)cc6F)nc5)cc4)CC3)cc2)cnn1CC(F)(F)F. The molecule has 1 saturated heterocycles. The number of benzene rings is 3. The fraction of sp³-hybridized carbons (Fsp3) is 0.257. The molecule has 54 heavy (non-hydrogen) atoms. The molecule has 0 spiro atoms. The van der Waals surface area contributed by atoms with Crippen molar-refractivity contribution in [2.75, 3.05) is 36.0 Å². The first kappa shape index (κ1) is 36.3. The normalized spacial score (nSPS) is 15.0. The van der Waals surface area contributed by atoms with Crippen LogP contribution in [0.25, 0.3) is 16.8 Å². The molecular weight excluding hydrogens is 725 g/mol. The molecule has 1 fully saturated rings. The van der Waals surface area contributed by atoms with E-state index in [1.165, 1.54) is 12.3 Å². The van der Waals surface area contributed by atoms with Gasteiger partial charge in [-0.1, -0.05) is 18.2 Å². The minimum atomic E-state index is -4.57. The number of alkyl halides is 5. The minimum absolute atomic E-state index is 0.361. The van der Waals surface area contributed by atoms with E-state index in [2.05, 4.69) is 35.4 Å². The van der Waals surface area contributed by atoms with Gasteiger partial charge in [-0.05, 0) is 70.6 Å². The van der Waals surface area contributed by atoms with Gasteiger partial charge < -0.3 is 14.9 Å². The smallest absolute Gasteiger partial charge is 0.377 e. The molecule has 0 aliphatic carbocycles. The van der Waals surface area contributed by atoms with E-state index in [1.54, 1.807) is 24.3 Å². The second-order valence-corrected chi connectivity index (χ2v) is 12.6. The predicted molar refractivity (Wildman–Crippen MR) is 180 cm³/mol. The second kappa shape index (κ2) is 14.0. The molecule has 1 N–H and O–H groups in total. The van der Waals surface area contributed by atoms with Crippen LogP contribution in [-0.2, 0) is 24.6 Å². The summed E-state index contributed by atoms with van der Waals surface area (Å²) in [6, 6.07) is 18.6. The van der Waals surface area contributed by atoms with Gasteiger partial charge in [-0.15, -0.1) is 5.10 Å². The molecule has 7 rings (SSSR count). The Hall–Kier alpha value is -6.11. The van der Waals surface area contributed by atoms with E-state index in [4.69, 9.17) is 0 Å². The molecule has 12 nitrogen and oxygen atoms in total. The summed E-state index contributed by atoms with van der Waals surface area (Å²) in [5.41, 5.74) is -2.50. The van der Waals surface area contributed by atoms with Gasteiger partial charge in [0.1, 0.15) is 36.5 Å². The lowest BCUT2D eigenvalue weighted by Gasteiger charge is -2.37. The van der Waals surface area contributed by atoms with Crippen molar-refractivity contribution in [2.45, 2.75) is 30.8 Å². The topological polar surface area (TPSA) is 123 Å². The Morgan fingerprint density at radius 1 is 0.722 bits per heavy atom. The van der Waals surface area contributed by atoms with Crippen molar-refractivity contribution in [3.63, 3.8) is 0 Å². The van der Waals surface area contributed by atoms with Crippen molar-refractivity contribution in [2.24, 2.45) is 0 Å². The highest BCUT2D eigenvalue weighted by atomic mass is 19.4. The van der Waals surface area contributed by atoms with E-state index in [0.29, 0.717) is 53.7 Å². The van der Waals surface area contributed by atoms with Crippen LogP contribution in [0.3, 0.4) is 0 Å². The van der Waals surface area contributed by atoms with E-state index in [9.17, 15) is 31.9 Å². The van der Waals surface area contributed by atoms with Crippen LogP contribution in [0.5, 0.6) is 0 Å². The van der Waals surface area contributed by atoms with Gasteiger partial charge >= 0.3 is 17.8 Å². The number of tetrazole rings is 1. The maximum Gasteiger partial charge on any atom is 0.408 e. The number of nitrogens with zero attached hydrogens (tertiary/aromatic N) is 10. The van der Waals surface area contributed by atoms with Crippen molar-refractivity contribution in [1.29, 1.82) is 0 Å². The number of hydrogen-bond acceptors (Lipinski definition) is 9. The number of aliphatic hydroxyl groups is 1. The zero-order valence-electron chi connectivity index (χ0n) is 28.0. The molecule has 19 heteroatoms. The van der Waals surface area contributed by atoms with E-state index in [0.717, 1.165) is 51.5 Å². The summed E-state index contributed by atoms with van der Waals surface area (Å²) in [5, 5.41) is 25.2. The fourth-order valence-electron chi connectivity index (χ4n) is 6.33. The summed E-state index contributed by atoms with van der Waals surface area (Å²) < 4.78 is 101. The maximum atomic E-state index is 16.1. The number of pyridine rings is 1. The van der Waals surface area contributed by atoms with Gasteiger partial charge in [0.05, 0.1) is 12.2 Å². The lowest BCUT2D eigenvalue weighted by molar-refractivity contribution is -0.207. The van der Waals surface area contributed by atoms with Gasteiger partial charge in [0.25, 0.3) is 0 Å². The van der Waals surface area contributed by atoms with Crippen molar-refractivity contribution < 1.29 is 35.8 Å². The standard InChI is InChI=1S/C35H29F7N10O2/c36-25-4-11-29(30(37)17-25)33(54,19-50-21-44-46-47-50)35(41,42)31-12-3-24(18-43-31)23-1-5-26(6-2-23)48-13-15-49(16-14-48)27-7-9-28(10-8-27)51-22-45-52(32(51)53)20-34(38,39)40/h1-12,17-18,21-22,54H,13-16,19-20H2. The molecule has 0 amide bonds. The predicted octanol–water partition coefficient (Wildman–Crippen LogP) is 4.93. The lowest BCUT2D eigenvalue weighted by atomic mass is 9.84. The fourth-order valence-corrected chi connectivity index (χ4v) is 6.33. The summed E-state index contributed by atoms with van der Waals surface area (Å²) in [6.07, 6.45) is -1.33. The highest BCUT2D eigenvalue weighted by molar-refractivity contribution is 5.66. The van der Waals surface area contributed by atoms with Crippen molar-refractivity contribution in [3.8, 4) is 16.8 Å². The summed E-state index contributed by atoms with van der Waals surface area (Å²) in [7, 11) is 0. The van der Waals surface area contributed by atoms with Crippen LogP contribution in [0.1, 0.15) is 11.3 Å². The number of hydrogen-bond donors (Lipinski definition) is 1. The number of rotatable bonds is 10. The third-order valence-corrected chi connectivity index (χ3v) is 9.16. The first-order chi connectivity index (χ1) is 25.7. The first-order valence-electron chi connectivity index (χ1n) is 16.4. The van der Waals surface area contributed by atoms with E-state index < -0.39 is 59.4 Å². The van der Waals surface area contributed by atoms with Crippen LogP contribution in [0.15, 0.2) is 103 Å². The Balaban J connectivity index is 1.00. The average molecular weight is 755 g/mol. The van der Waals surface area contributed by atoms with E-state index in [-0.39, 0.29) is 0 Å². The highest BCUT2D eigenvalue weighted by Crippen LogP contribution is 2.47. The third-order valence-electron chi connectivity index (χ3n) is 9.16. The minimum Gasteiger partial charge on any atom is -0.377 e. The van der Waals surface area contributed by atoms with Crippen molar-refractivity contribution >= 4 is 11.4 Å². The van der Waals surface area contributed by atoms with Crippen LogP contribution in [-0.4, -0.2) is 77.0 Å². The van der Waals surface area contributed by atoms with Crippen molar-refractivity contribution in [3.05, 3.63) is 131 Å². The van der Waals surface area contributed by atoms with Crippen LogP contribution >= 0.6 is 0 Å². The van der Waals surface area contributed by atoms with E-state index >= 15 is 8.78 Å². The molecule has 0 radical (unpaired) electrons. The van der Waals surface area contributed by atoms with Crippen LogP contribution in [0, 0.1) is 11.6 Å². The zero-order valence-corrected chi connectivity index (χ0v) is 28.0.